The van der Waals surface area contributed by atoms with E-state index in [0.717, 1.165) is 10.7 Å². The van der Waals surface area contributed by atoms with Crippen molar-refractivity contribution in [2.45, 2.75) is 0 Å². The molecule has 0 spiro atoms. The van der Waals surface area contributed by atoms with Gasteiger partial charge >= 0.3 is 59.1 Å². The Morgan fingerprint density at radius 2 is 0.875 bits per heavy atom. The maximum absolute atomic E-state index is 8.00. The van der Waals surface area contributed by atoms with Gasteiger partial charge in [0, 0.05) is 0 Å². The molecule has 0 aromatic rings. The Kier molecular flexibility index (Phi) is 134. The van der Waals surface area contributed by atoms with Gasteiger partial charge in [-0.3, -0.25) is 0 Å². The van der Waals surface area contributed by atoms with Crippen LogP contribution >= 0.6 is 0 Å². The van der Waals surface area contributed by atoms with E-state index < -0.39 is 0 Å². The first-order valence-electron chi connectivity index (χ1n) is 0.730. The summed E-state index contributed by atoms with van der Waals surface area (Å²) in [5.41, 5.74) is 0. The van der Waals surface area contributed by atoms with E-state index in [2.05, 4.69) is 0 Å². The monoisotopic (exact) mass is 138 g/mol. The zero-order valence-corrected chi connectivity index (χ0v) is 8.53. The molecule has 0 atom stereocenters. The number of rotatable bonds is 0. The Hall–Kier alpha value is 0.800. The third kappa shape index (κ3) is 357. The molecule has 36 valence electrons. The normalized spacial score (nSPS) is 3.00. The van der Waals surface area contributed by atoms with Gasteiger partial charge in [0.25, 0.3) is 0 Å². The van der Waals surface area contributed by atoms with Crippen LogP contribution in [0.25, 0.3) is 0 Å². The van der Waals surface area contributed by atoms with E-state index in [1.165, 1.54) is 0 Å². The average Bonchev–Trinajstić information content (AvgIpc) is 1.39. The van der Waals surface area contributed by atoms with Crippen LogP contribution < -0.4 is 59.1 Å². The fourth-order valence-corrected chi connectivity index (χ4v) is 0. The van der Waals surface area contributed by atoms with Crippen LogP contribution in [0.3, 0.4) is 0 Å². The predicted molar refractivity (Wildman–Crippen MR) is 18.3 cm³/mol. The zero-order valence-electron chi connectivity index (χ0n) is 4.53. The standard InChI is InChI=1S/2HNO2.2Na/c2*2-1-3;;/h2*(H,2,3);;/q;;2*+1/p-2. The average molecular weight is 138 g/mol. The fourth-order valence-electron chi connectivity index (χ4n) is 0. The summed E-state index contributed by atoms with van der Waals surface area (Å²) in [6, 6.07) is 0. The van der Waals surface area contributed by atoms with Crippen molar-refractivity contribution in [1.29, 1.82) is 0 Å². The third-order valence-electron chi connectivity index (χ3n) is 0. The van der Waals surface area contributed by atoms with Crippen LogP contribution in [-0.2, 0) is 0 Å². The summed E-state index contributed by atoms with van der Waals surface area (Å²) in [5, 5.41) is 18.0. The van der Waals surface area contributed by atoms with Gasteiger partial charge in [-0.05, 0) is 0 Å². The molecule has 0 saturated carbocycles. The summed E-state index contributed by atoms with van der Waals surface area (Å²) in [6.45, 7) is 0. The van der Waals surface area contributed by atoms with E-state index in [1.807, 2.05) is 0 Å². The van der Waals surface area contributed by atoms with Gasteiger partial charge in [0.15, 0.2) is 0 Å². The van der Waals surface area contributed by atoms with Crippen LogP contribution in [0.15, 0.2) is 10.7 Å². The van der Waals surface area contributed by atoms with Crippen LogP contribution in [0.2, 0.25) is 0 Å². The summed E-state index contributed by atoms with van der Waals surface area (Å²) < 4.78 is 0. The first kappa shape index (κ1) is 23.2. The van der Waals surface area contributed by atoms with Crippen molar-refractivity contribution in [1.82, 2.24) is 0 Å². The van der Waals surface area contributed by atoms with Gasteiger partial charge in [0.05, 0.1) is 0 Å². The van der Waals surface area contributed by atoms with E-state index in [4.69, 9.17) is 20.2 Å². The minimum Gasteiger partial charge on any atom is -0.444 e. The molecule has 0 amide bonds. The fraction of sp³-hybridized carbons (Fsp3) is 0. The van der Waals surface area contributed by atoms with Crippen molar-refractivity contribution in [3.8, 4) is 0 Å². The van der Waals surface area contributed by atoms with Gasteiger partial charge in [-0.15, -0.1) is 10.7 Å². The van der Waals surface area contributed by atoms with Gasteiger partial charge < -0.3 is 20.2 Å². The van der Waals surface area contributed by atoms with E-state index in [0.29, 0.717) is 0 Å². The number of hydrogen-bond donors (Lipinski definition) is 0. The van der Waals surface area contributed by atoms with Gasteiger partial charge in [0.1, 0.15) is 0 Å². The van der Waals surface area contributed by atoms with Crippen LogP contribution in [0, 0.1) is 20.2 Å². The topological polar surface area (TPSA) is 105 Å². The summed E-state index contributed by atoms with van der Waals surface area (Å²) in [5.74, 6) is 0. The van der Waals surface area contributed by atoms with Crippen molar-refractivity contribution in [3.63, 3.8) is 0 Å². The molecule has 8 heteroatoms. The van der Waals surface area contributed by atoms with Gasteiger partial charge in [-0.25, -0.2) is 0 Å². The second kappa shape index (κ2) is 46.0. The number of hydrogen-bond acceptors (Lipinski definition) is 6. The molecule has 0 unspecified atom stereocenters. The first-order valence-corrected chi connectivity index (χ1v) is 0.730. The van der Waals surface area contributed by atoms with Crippen molar-refractivity contribution in [2.24, 2.45) is 10.7 Å². The van der Waals surface area contributed by atoms with Crippen molar-refractivity contribution in [3.05, 3.63) is 20.2 Å². The molecule has 0 bridgehead atoms. The summed E-state index contributed by atoms with van der Waals surface area (Å²) in [6.07, 6.45) is 0. The maximum Gasteiger partial charge on any atom is 1.00 e. The number of nitrogens with zero attached hydrogens (tertiary/aromatic N) is 2. The maximum atomic E-state index is 8.00. The van der Waals surface area contributed by atoms with E-state index in [1.54, 1.807) is 0 Å². The molecule has 0 aromatic carbocycles. The van der Waals surface area contributed by atoms with Crippen molar-refractivity contribution in [2.75, 3.05) is 0 Å². The second-order valence-electron chi connectivity index (χ2n) is 0.149. The van der Waals surface area contributed by atoms with Crippen molar-refractivity contribution < 1.29 is 59.1 Å². The molecule has 0 aliphatic heterocycles. The molecule has 0 radical (unpaired) electrons. The molecule has 8 heavy (non-hydrogen) atoms. The van der Waals surface area contributed by atoms with Crippen LogP contribution in [0.1, 0.15) is 0 Å². The predicted octanol–water partition coefficient (Wildman–Crippen LogP) is -5.49. The third-order valence-corrected chi connectivity index (χ3v) is 0. The Morgan fingerprint density at radius 3 is 0.875 bits per heavy atom. The van der Waals surface area contributed by atoms with Crippen LogP contribution in [-0.4, -0.2) is 0 Å². The largest absolute Gasteiger partial charge is 1.00 e. The molecular formula is N2Na2O4. The molecule has 0 aliphatic carbocycles. The second-order valence-corrected chi connectivity index (χ2v) is 0.149. The first-order chi connectivity index (χ1) is 2.83. The summed E-state index contributed by atoms with van der Waals surface area (Å²) in [7, 11) is 0. The van der Waals surface area contributed by atoms with Crippen molar-refractivity contribution >= 4 is 0 Å². The molecule has 0 fully saturated rings. The SMILES string of the molecule is O=N[O-].O=N[O-].[Na+].[Na+]. The van der Waals surface area contributed by atoms with Crippen LogP contribution in [0.5, 0.6) is 0 Å². The Bertz CT molecular complexity index is 33.0. The minimum absolute atomic E-state index is 0. The summed E-state index contributed by atoms with van der Waals surface area (Å²) in [4.78, 5) is 16.0. The molecule has 0 aromatic heterocycles. The van der Waals surface area contributed by atoms with Crippen LogP contribution in [0.4, 0.5) is 0 Å². The van der Waals surface area contributed by atoms with Gasteiger partial charge in [-0.2, -0.15) is 0 Å². The molecular weight excluding hydrogens is 138 g/mol. The summed E-state index contributed by atoms with van der Waals surface area (Å²) >= 11 is 0. The van der Waals surface area contributed by atoms with Gasteiger partial charge in [-0.1, -0.05) is 0 Å². The molecule has 6 nitrogen and oxygen atoms in total. The Labute approximate surface area is 89.1 Å². The zero-order chi connectivity index (χ0) is 5.41. The molecule has 0 saturated heterocycles. The molecule has 0 heterocycles. The van der Waals surface area contributed by atoms with Gasteiger partial charge in [0.2, 0.25) is 0 Å². The van der Waals surface area contributed by atoms with E-state index in [-0.39, 0.29) is 59.1 Å². The molecule has 0 N–H and O–H groups in total. The minimum atomic E-state index is 0. The van der Waals surface area contributed by atoms with E-state index >= 15 is 0 Å². The molecule has 0 rings (SSSR count). The Morgan fingerprint density at radius 1 is 0.875 bits per heavy atom. The van der Waals surface area contributed by atoms with E-state index in [9.17, 15) is 0 Å². The smallest absolute Gasteiger partial charge is 0.444 e. The Balaban J connectivity index is -0.0000000160. The molecule has 0 aliphatic rings. The quantitative estimate of drug-likeness (QED) is 0.189.